The summed E-state index contributed by atoms with van der Waals surface area (Å²) in [5.41, 5.74) is 3.50. The molecular weight excluding hydrogens is 248 g/mol. The summed E-state index contributed by atoms with van der Waals surface area (Å²) in [4.78, 5) is 10.8. The van der Waals surface area contributed by atoms with Crippen LogP contribution in [0.2, 0.25) is 5.02 Å². The van der Waals surface area contributed by atoms with Gasteiger partial charge in [-0.05, 0) is 41.8 Å². The van der Waals surface area contributed by atoms with E-state index in [2.05, 4.69) is 0 Å². The predicted octanol–water partition coefficient (Wildman–Crippen LogP) is 4.14. The Labute approximate surface area is 111 Å². The van der Waals surface area contributed by atoms with E-state index in [0.29, 0.717) is 10.6 Å². The van der Waals surface area contributed by atoms with Crippen LogP contribution in [0.25, 0.3) is 11.1 Å². The number of halogens is 1. The maximum atomic E-state index is 10.8. The number of hydrogen-bond donors (Lipinski definition) is 0. The van der Waals surface area contributed by atoms with Crippen molar-refractivity contribution in [3.63, 3.8) is 0 Å². The van der Waals surface area contributed by atoms with E-state index in [9.17, 15) is 4.79 Å². The lowest BCUT2D eigenvalue weighted by Gasteiger charge is -2.10. The van der Waals surface area contributed by atoms with Crippen molar-refractivity contribution in [3.05, 3.63) is 52.5 Å². The van der Waals surface area contributed by atoms with Crippen molar-refractivity contribution >= 4 is 17.9 Å². The second-order valence-electron chi connectivity index (χ2n) is 3.99. The molecule has 92 valence electrons. The Morgan fingerprint density at radius 3 is 2.33 bits per heavy atom. The van der Waals surface area contributed by atoms with Crippen LogP contribution in [-0.2, 0) is 0 Å². The van der Waals surface area contributed by atoms with Crippen LogP contribution in [0.15, 0.2) is 36.4 Å². The molecule has 0 bridgehead atoms. The van der Waals surface area contributed by atoms with Crippen LogP contribution in [0, 0.1) is 6.92 Å². The summed E-state index contributed by atoms with van der Waals surface area (Å²) < 4.78 is 5.12. The highest BCUT2D eigenvalue weighted by molar-refractivity contribution is 6.34. The first kappa shape index (κ1) is 12.7. The number of ether oxygens (including phenoxy) is 1. The Bertz CT molecular complexity index is 574. The molecule has 2 aromatic rings. The van der Waals surface area contributed by atoms with Crippen LogP contribution in [0.5, 0.6) is 5.75 Å². The van der Waals surface area contributed by atoms with E-state index < -0.39 is 0 Å². The monoisotopic (exact) mass is 260 g/mol. The summed E-state index contributed by atoms with van der Waals surface area (Å²) in [7, 11) is 1.63. The molecule has 0 N–H and O–H groups in total. The molecule has 0 fully saturated rings. The van der Waals surface area contributed by atoms with E-state index in [1.165, 1.54) is 0 Å². The molecule has 0 heterocycles. The van der Waals surface area contributed by atoms with Gasteiger partial charge in [-0.15, -0.1) is 0 Å². The van der Waals surface area contributed by atoms with Crippen LogP contribution >= 0.6 is 11.6 Å². The molecule has 3 heteroatoms. The number of hydrogen-bond acceptors (Lipinski definition) is 2. The van der Waals surface area contributed by atoms with E-state index in [1.54, 1.807) is 13.2 Å². The molecule has 0 atom stereocenters. The summed E-state index contributed by atoms with van der Waals surface area (Å²) >= 11 is 6.15. The van der Waals surface area contributed by atoms with Crippen LogP contribution in [0.3, 0.4) is 0 Å². The number of carbonyl (C=O) groups excluding carboxylic acids is 1. The first-order valence-electron chi connectivity index (χ1n) is 5.56. The van der Waals surface area contributed by atoms with Crippen LogP contribution in [0.4, 0.5) is 0 Å². The summed E-state index contributed by atoms with van der Waals surface area (Å²) in [6.45, 7) is 1.91. The summed E-state index contributed by atoms with van der Waals surface area (Å²) in [5, 5.41) is 0.512. The summed E-state index contributed by atoms with van der Waals surface area (Å²) in [6.07, 6.45) is 0.771. The zero-order valence-electron chi connectivity index (χ0n) is 10.2. The smallest absolute Gasteiger partial charge is 0.151 e. The molecular formula is C15H13ClO2. The zero-order valence-corrected chi connectivity index (χ0v) is 11.0. The second kappa shape index (κ2) is 5.23. The van der Waals surface area contributed by atoms with E-state index in [1.807, 2.05) is 37.3 Å². The van der Waals surface area contributed by atoms with Crippen LogP contribution in [-0.4, -0.2) is 13.4 Å². The minimum absolute atomic E-state index is 0.512. The van der Waals surface area contributed by atoms with Crippen LogP contribution in [0.1, 0.15) is 15.9 Å². The molecule has 0 aliphatic carbocycles. The third-order valence-electron chi connectivity index (χ3n) is 2.94. The fourth-order valence-electron chi connectivity index (χ4n) is 1.88. The highest BCUT2D eigenvalue weighted by atomic mass is 35.5. The van der Waals surface area contributed by atoms with Crippen molar-refractivity contribution in [2.75, 3.05) is 7.11 Å². The molecule has 0 aromatic heterocycles. The first-order valence-corrected chi connectivity index (χ1v) is 5.94. The van der Waals surface area contributed by atoms with Gasteiger partial charge in [0.25, 0.3) is 0 Å². The minimum Gasteiger partial charge on any atom is -0.497 e. The number of benzene rings is 2. The lowest BCUT2D eigenvalue weighted by Crippen LogP contribution is -1.90. The highest BCUT2D eigenvalue weighted by Gasteiger charge is 2.09. The molecule has 0 saturated heterocycles. The fraction of sp³-hybridized carbons (Fsp3) is 0.133. The minimum atomic E-state index is 0.512. The predicted molar refractivity (Wildman–Crippen MR) is 73.6 cm³/mol. The number of aldehydes is 1. The third kappa shape index (κ3) is 2.24. The van der Waals surface area contributed by atoms with Gasteiger partial charge in [-0.3, -0.25) is 4.79 Å². The van der Waals surface area contributed by atoms with Gasteiger partial charge in [-0.25, -0.2) is 0 Å². The molecule has 0 saturated carbocycles. The average molecular weight is 261 g/mol. The molecule has 18 heavy (non-hydrogen) atoms. The van der Waals surface area contributed by atoms with Gasteiger partial charge in [-0.2, -0.15) is 0 Å². The Hall–Kier alpha value is -1.80. The van der Waals surface area contributed by atoms with E-state index in [0.717, 1.165) is 28.7 Å². The van der Waals surface area contributed by atoms with Crippen LogP contribution < -0.4 is 4.74 Å². The molecule has 0 aliphatic heterocycles. The van der Waals surface area contributed by atoms with Gasteiger partial charge in [-0.1, -0.05) is 29.8 Å². The second-order valence-corrected chi connectivity index (χ2v) is 4.37. The molecule has 0 amide bonds. The molecule has 2 rings (SSSR count). The van der Waals surface area contributed by atoms with Gasteiger partial charge in [0.15, 0.2) is 6.29 Å². The standard InChI is InChI=1S/C15H13ClO2/c1-10-14(8-5-12(9-17)15(10)16)11-3-6-13(18-2)7-4-11/h3-9H,1-2H3. The van der Waals surface area contributed by atoms with Crippen molar-refractivity contribution in [3.8, 4) is 16.9 Å². The van der Waals surface area contributed by atoms with Crippen molar-refractivity contribution < 1.29 is 9.53 Å². The normalized spacial score (nSPS) is 10.2. The summed E-state index contributed by atoms with van der Waals surface area (Å²) in [5.74, 6) is 0.812. The number of rotatable bonds is 3. The maximum Gasteiger partial charge on any atom is 0.151 e. The Morgan fingerprint density at radius 1 is 1.11 bits per heavy atom. The highest BCUT2D eigenvalue weighted by Crippen LogP contribution is 2.31. The SMILES string of the molecule is COc1ccc(-c2ccc(C=O)c(Cl)c2C)cc1. The maximum absolute atomic E-state index is 10.8. The molecule has 2 aromatic carbocycles. The van der Waals surface area contributed by atoms with Gasteiger partial charge < -0.3 is 4.74 Å². The Morgan fingerprint density at radius 2 is 1.78 bits per heavy atom. The lowest BCUT2D eigenvalue weighted by molar-refractivity contribution is 0.112. The molecule has 2 nitrogen and oxygen atoms in total. The zero-order chi connectivity index (χ0) is 13.1. The Kier molecular flexibility index (Phi) is 3.68. The van der Waals surface area contributed by atoms with Gasteiger partial charge in [0, 0.05) is 5.56 Å². The lowest BCUT2D eigenvalue weighted by atomic mass is 9.98. The molecule has 0 unspecified atom stereocenters. The van der Waals surface area contributed by atoms with Crippen molar-refractivity contribution in [2.45, 2.75) is 6.92 Å². The van der Waals surface area contributed by atoms with E-state index in [-0.39, 0.29) is 0 Å². The Balaban J connectivity index is 2.50. The van der Waals surface area contributed by atoms with E-state index in [4.69, 9.17) is 16.3 Å². The average Bonchev–Trinajstić information content (AvgIpc) is 2.42. The van der Waals surface area contributed by atoms with Crippen molar-refractivity contribution in [1.29, 1.82) is 0 Å². The van der Waals surface area contributed by atoms with Crippen molar-refractivity contribution in [1.82, 2.24) is 0 Å². The number of carbonyl (C=O) groups is 1. The topological polar surface area (TPSA) is 26.3 Å². The van der Waals surface area contributed by atoms with E-state index >= 15 is 0 Å². The van der Waals surface area contributed by atoms with Gasteiger partial charge in [0.1, 0.15) is 5.75 Å². The fourth-order valence-corrected chi connectivity index (χ4v) is 2.09. The van der Waals surface area contributed by atoms with Gasteiger partial charge >= 0.3 is 0 Å². The quantitative estimate of drug-likeness (QED) is 0.776. The number of methoxy groups -OCH3 is 1. The molecule has 0 aliphatic rings. The third-order valence-corrected chi connectivity index (χ3v) is 3.45. The largest absolute Gasteiger partial charge is 0.497 e. The summed E-state index contributed by atoms with van der Waals surface area (Å²) in [6, 6.07) is 11.4. The first-order chi connectivity index (χ1) is 8.67. The molecule has 0 spiro atoms. The van der Waals surface area contributed by atoms with Gasteiger partial charge in [0.05, 0.1) is 12.1 Å². The molecule has 0 radical (unpaired) electrons. The van der Waals surface area contributed by atoms with Crippen molar-refractivity contribution in [2.24, 2.45) is 0 Å². The van der Waals surface area contributed by atoms with Gasteiger partial charge in [0.2, 0.25) is 0 Å².